The Morgan fingerprint density at radius 2 is 2.06 bits per heavy atom. The summed E-state index contributed by atoms with van der Waals surface area (Å²) in [6, 6.07) is 7.66. The lowest BCUT2D eigenvalue weighted by molar-refractivity contribution is 0.218. The molecule has 1 heterocycles. The third-order valence-electron chi connectivity index (χ3n) is 2.73. The third kappa shape index (κ3) is 2.71. The zero-order valence-electron chi connectivity index (χ0n) is 10.2. The molecule has 0 fully saturated rings. The molecule has 1 aromatic carbocycles. The van der Waals surface area contributed by atoms with Crippen LogP contribution in [0.25, 0.3) is 0 Å². The van der Waals surface area contributed by atoms with Crippen molar-refractivity contribution < 1.29 is 9.84 Å². The van der Waals surface area contributed by atoms with Crippen molar-refractivity contribution in [3.05, 3.63) is 57.8 Å². The number of benzene rings is 1. The fourth-order valence-electron chi connectivity index (χ4n) is 1.75. The molecule has 0 bridgehead atoms. The van der Waals surface area contributed by atoms with Crippen LogP contribution in [0.1, 0.15) is 22.8 Å². The number of ether oxygens (including phenoxy) is 1. The fraction of sp³-hybridized carbons (Fsp3) is 0.214. The number of aromatic nitrogens is 1. The number of nitrogens with zero attached hydrogens (tertiary/aromatic N) is 1. The summed E-state index contributed by atoms with van der Waals surface area (Å²) in [7, 11) is 1.58. The molecule has 0 aliphatic heterocycles. The van der Waals surface area contributed by atoms with Crippen molar-refractivity contribution in [1.82, 2.24) is 4.98 Å². The van der Waals surface area contributed by atoms with Crippen LogP contribution >= 0.6 is 15.9 Å². The number of aliphatic hydroxyl groups excluding tert-OH is 1. The van der Waals surface area contributed by atoms with Gasteiger partial charge in [-0.2, -0.15) is 0 Å². The van der Waals surface area contributed by atoms with Gasteiger partial charge in [0.05, 0.1) is 13.3 Å². The van der Waals surface area contributed by atoms with Crippen LogP contribution in [-0.4, -0.2) is 17.2 Å². The van der Waals surface area contributed by atoms with E-state index in [-0.39, 0.29) is 0 Å². The molecule has 1 atom stereocenters. The summed E-state index contributed by atoms with van der Waals surface area (Å²) in [5.74, 6) is 0.635. The first-order valence-corrected chi connectivity index (χ1v) is 6.34. The topological polar surface area (TPSA) is 42.4 Å². The predicted octanol–water partition coefficient (Wildman–Crippen LogP) is 3.24. The van der Waals surface area contributed by atoms with E-state index in [1.54, 1.807) is 25.6 Å². The Balaban J connectivity index is 2.40. The maximum absolute atomic E-state index is 10.4. The van der Waals surface area contributed by atoms with Gasteiger partial charge in [-0.3, -0.25) is 4.98 Å². The lowest BCUT2D eigenvalue weighted by atomic mass is 10.0. The van der Waals surface area contributed by atoms with E-state index in [9.17, 15) is 5.11 Å². The van der Waals surface area contributed by atoms with Gasteiger partial charge in [0, 0.05) is 16.2 Å². The first-order valence-electron chi connectivity index (χ1n) is 5.55. The van der Waals surface area contributed by atoms with E-state index in [2.05, 4.69) is 20.9 Å². The van der Waals surface area contributed by atoms with Gasteiger partial charge >= 0.3 is 0 Å². The summed E-state index contributed by atoms with van der Waals surface area (Å²) < 4.78 is 5.99. The van der Waals surface area contributed by atoms with Crippen molar-refractivity contribution in [2.45, 2.75) is 13.0 Å². The average molecular weight is 308 g/mol. The Kier molecular flexibility index (Phi) is 3.99. The molecule has 0 radical (unpaired) electrons. The number of aliphatic hydroxyl groups is 1. The van der Waals surface area contributed by atoms with Crippen LogP contribution < -0.4 is 4.74 Å². The van der Waals surface area contributed by atoms with E-state index in [4.69, 9.17) is 4.74 Å². The SMILES string of the molecule is COc1cncc(C(O)c2cc(C)ccc2Br)c1. The van der Waals surface area contributed by atoms with Crippen LogP contribution in [0, 0.1) is 6.92 Å². The van der Waals surface area contributed by atoms with Crippen LogP contribution in [0.3, 0.4) is 0 Å². The number of aryl methyl sites for hydroxylation is 1. The zero-order chi connectivity index (χ0) is 13.1. The van der Waals surface area contributed by atoms with Crippen LogP contribution in [0.15, 0.2) is 41.1 Å². The second-order valence-corrected chi connectivity index (χ2v) is 4.94. The summed E-state index contributed by atoms with van der Waals surface area (Å²) in [5.41, 5.74) is 2.63. The monoisotopic (exact) mass is 307 g/mol. The molecule has 0 saturated heterocycles. The highest BCUT2D eigenvalue weighted by atomic mass is 79.9. The molecule has 18 heavy (non-hydrogen) atoms. The van der Waals surface area contributed by atoms with Gasteiger partial charge in [0.15, 0.2) is 0 Å². The Bertz CT molecular complexity index is 557. The molecular weight excluding hydrogens is 294 g/mol. The molecule has 1 aromatic heterocycles. The highest BCUT2D eigenvalue weighted by Crippen LogP contribution is 2.30. The molecule has 2 rings (SSSR count). The Morgan fingerprint density at radius 3 is 2.78 bits per heavy atom. The smallest absolute Gasteiger partial charge is 0.137 e. The van der Waals surface area contributed by atoms with E-state index in [1.165, 1.54) is 0 Å². The van der Waals surface area contributed by atoms with Crippen LogP contribution in [-0.2, 0) is 0 Å². The number of hydrogen-bond donors (Lipinski definition) is 1. The summed E-state index contributed by atoms with van der Waals surface area (Å²) >= 11 is 3.45. The average Bonchev–Trinajstić information content (AvgIpc) is 2.41. The molecule has 0 amide bonds. The lowest BCUT2D eigenvalue weighted by Gasteiger charge is -2.14. The van der Waals surface area contributed by atoms with Gasteiger partial charge in [-0.1, -0.05) is 33.6 Å². The van der Waals surface area contributed by atoms with Gasteiger partial charge in [-0.15, -0.1) is 0 Å². The van der Waals surface area contributed by atoms with E-state index in [0.29, 0.717) is 11.3 Å². The summed E-state index contributed by atoms with van der Waals surface area (Å²) in [5, 5.41) is 10.4. The van der Waals surface area contributed by atoms with E-state index >= 15 is 0 Å². The second kappa shape index (κ2) is 5.50. The maximum Gasteiger partial charge on any atom is 0.137 e. The van der Waals surface area contributed by atoms with Crippen molar-refractivity contribution in [2.24, 2.45) is 0 Å². The number of halogens is 1. The van der Waals surface area contributed by atoms with Crippen LogP contribution in [0.4, 0.5) is 0 Å². The number of methoxy groups -OCH3 is 1. The number of rotatable bonds is 3. The standard InChI is InChI=1S/C14H14BrNO2/c1-9-3-4-13(15)12(5-9)14(17)10-6-11(18-2)8-16-7-10/h3-8,14,17H,1-2H3. The van der Waals surface area contributed by atoms with Gasteiger partial charge in [0.2, 0.25) is 0 Å². The van der Waals surface area contributed by atoms with Gasteiger partial charge < -0.3 is 9.84 Å². The first kappa shape index (κ1) is 13.1. The highest BCUT2D eigenvalue weighted by molar-refractivity contribution is 9.10. The minimum Gasteiger partial charge on any atom is -0.495 e. The molecule has 0 aliphatic rings. The Hall–Kier alpha value is -1.39. The number of pyridine rings is 1. The molecule has 0 aliphatic carbocycles. The normalized spacial score (nSPS) is 12.2. The second-order valence-electron chi connectivity index (χ2n) is 4.09. The quantitative estimate of drug-likeness (QED) is 0.946. The molecule has 1 N–H and O–H groups in total. The van der Waals surface area contributed by atoms with Crippen molar-refractivity contribution in [1.29, 1.82) is 0 Å². The van der Waals surface area contributed by atoms with Crippen molar-refractivity contribution in [3.8, 4) is 5.75 Å². The van der Waals surface area contributed by atoms with Gasteiger partial charge in [-0.05, 0) is 24.6 Å². The van der Waals surface area contributed by atoms with E-state index < -0.39 is 6.10 Å². The summed E-state index contributed by atoms with van der Waals surface area (Å²) in [4.78, 5) is 4.05. The van der Waals surface area contributed by atoms with Gasteiger partial charge in [0.1, 0.15) is 11.9 Å². The first-order chi connectivity index (χ1) is 8.61. The summed E-state index contributed by atoms with van der Waals surface area (Å²) in [6.45, 7) is 1.99. The minimum absolute atomic E-state index is 0.635. The number of hydrogen-bond acceptors (Lipinski definition) is 3. The van der Waals surface area contributed by atoms with Crippen molar-refractivity contribution in [2.75, 3.05) is 7.11 Å². The largest absolute Gasteiger partial charge is 0.495 e. The molecule has 1 unspecified atom stereocenters. The predicted molar refractivity (Wildman–Crippen MR) is 73.7 cm³/mol. The molecule has 2 aromatic rings. The molecule has 0 spiro atoms. The van der Waals surface area contributed by atoms with Crippen LogP contribution in [0.5, 0.6) is 5.75 Å². The molecule has 4 heteroatoms. The fourth-order valence-corrected chi connectivity index (χ4v) is 2.21. The lowest BCUT2D eigenvalue weighted by Crippen LogP contribution is -2.02. The Morgan fingerprint density at radius 1 is 1.28 bits per heavy atom. The third-order valence-corrected chi connectivity index (χ3v) is 3.45. The Labute approximate surface area is 115 Å². The van der Waals surface area contributed by atoms with Crippen LogP contribution in [0.2, 0.25) is 0 Å². The van der Waals surface area contributed by atoms with E-state index in [0.717, 1.165) is 15.6 Å². The minimum atomic E-state index is -0.720. The van der Waals surface area contributed by atoms with Gasteiger partial charge in [-0.25, -0.2) is 0 Å². The maximum atomic E-state index is 10.4. The molecule has 0 saturated carbocycles. The van der Waals surface area contributed by atoms with Crippen molar-refractivity contribution >= 4 is 15.9 Å². The molecule has 94 valence electrons. The molecule has 3 nitrogen and oxygen atoms in total. The molecular formula is C14H14BrNO2. The van der Waals surface area contributed by atoms with Gasteiger partial charge in [0.25, 0.3) is 0 Å². The zero-order valence-corrected chi connectivity index (χ0v) is 11.8. The van der Waals surface area contributed by atoms with Crippen molar-refractivity contribution in [3.63, 3.8) is 0 Å². The van der Waals surface area contributed by atoms with E-state index in [1.807, 2.05) is 25.1 Å². The highest BCUT2D eigenvalue weighted by Gasteiger charge is 2.14. The summed E-state index contributed by atoms with van der Waals surface area (Å²) in [6.07, 6.45) is 2.53.